The zero-order valence-corrected chi connectivity index (χ0v) is 15.2. The lowest BCUT2D eigenvalue weighted by Crippen LogP contribution is -2.58. The summed E-state index contributed by atoms with van der Waals surface area (Å²) in [4.78, 5) is 0. The van der Waals surface area contributed by atoms with E-state index in [4.69, 9.17) is 0 Å². The Balaban J connectivity index is 2.50. The highest BCUT2D eigenvalue weighted by atomic mass is 16.3. The molecule has 2 rings (SSSR count). The molecule has 0 aliphatic heterocycles. The molecular weight excluding hydrogens is 284 g/mol. The third-order valence-corrected chi connectivity index (χ3v) is 6.42. The van der Waals surface area contributed by atoms with E-state index in [1.807, 2.05) is 26.0 Å². The summed E-state index contributed by atoms with van der Waals surface area (Å²) in [6.07, 6.45) is 9.37. The fourth-order valence-electron chi connectivity index (χ4n) is 4.51. The summed E-state index contributed by atoms with van der Waals surface area (Å²) >= 11 is 0. The molecule has 2 aliphatic rings. The minimum atomic E-state index is -1.19. The lowest BCUT2D eigenvalue weighted by molar-refractivity contribution is -0.134. The van der Waals surface area contributed by atoms with Crippen molar-refractivity contribution in [1.82, 2.24) is 0 Å². The van der Waals surface area contributed by atoms with E-state index < -0.39 is 17.1 Å². The molecule has 0 heterocycles. The number of aliphatic hydroxyl groups is 2. The van der Waals surface area contributed by atoms with Gasteiger partial charge in [-0.15, -0.1) is 6.58 Å². The summed E-state index contributed by atoms with van der Waals surface area (Å²) in [5, 5.41) is 22.8. The first-order chi connectivity index (χ1) is 10.6. The van der Waals surface area contributed by atoms with Crippen LogP contribution in [0.3, 0.4) is 0 Å². The van der Waals surface area contributed by atoms with Crippen molar-refractivity contribution in [2.24, 2.45) is 10.8 Å². The number of rotatable bonds is 4. The molecule has 0 aromatic heterocycles. The standard InChI is InChI=1S/C21H32O2/c1-7-16-15(3)12-14-21(23,19(16,4)5)18(22)17-11-9-10-13-20(17,6)8-2/h7-8,11,18,22-23H,1-2,9-10,12-14H2,3-6H3/t18-,20?,21+/m0/s1. The Hall–Kier alpha value is -1.12. The van der Waals surface area contributed by atoms with Gasteiger partial charge in [0.15, 0.2) is 0 Å². The van der Waals surface area contributed by atoms with Crippen LogP contribution in [0.2, 0.25) is 0 Å². The van der Waals surface area contributed by atoms with Crippen LogP contribution in [0.5, 0.6) is 0 Å². The molecule has 2 aliphatic carbocycles. The first-order valence-electron chi connectivity index (χ1n) is 8.71. The van der Waals surface area contributed by atoms with E-state index in [9.17, 15) is 10.2 Å². The normalized spacial score (nSPS) is 35.5. The number of allylic oxidation sites excluding steroid dienone is 4. The van der Waals surface area contributed by atoms with E-state index in [-0.39, 0.29) is 5.41 Å². The van der Waals surface area contributed by atoms with Crippen molar-refractivity contribution in [3.8, 4) is 0 Å². The Morgan fingerprint density at radius 1 is 1.22 bits per heavy atom. The highest BCUT2D eigenvalue weighted by Gasteiger charge is 2.54. The summed E-state index contributed by atoms with van der Waals surface area (Å²) in [5.74, 6) is 0. The average Bonchev–Trinajstić information content (AvgIpc) is 2.51. The van der Waals surface area contributed by atoms with Crippen LogP contribution in [-0.2, 0) is 0 Å². The van der Waals surface area contributed by atoms with Gasteiger partial charge in [-0.05, 0) is 50.2 Å². The molecule has 1 unspecified atom stereocenters. The van der Waals surface area contributed by atoms with Gasteiger partial charge >= 0.3 is 0 Å². The van der Waals surface area contributed by atoms with Gasteiger partial charge in [0.05, 0.1) is 0 Å². The van der Waals surface area contributed by atoms with E-state index in [0.29, 0.717) is 6.42 Å². The maximum Gasteiger partial charge on any atom is 0.105 e. The lowest BCUT2D eigenvalue weighted by Gasteiger charge is -2.52. The molecule has 2 N–H and O–H groups in total. The van der Waals surface area contributed by atoms with Crippen LogP contribution in [0.4, 0.5) is 0 Å². The van der Waals surface area contributed by atoms with Crippen molar-refractivity contribution in [2.75, 3.05) is 0 Å². The van der Waals surface area contributed by atoms with E-state index in [1.165, 1.54) is 5.57 Å². The van der Waals surface area contributed by atoms with Crippen molar-refractivity contribution in [2.45, 2.75) is 71.5 Å². The topological polar surface area (TPSA) is 40.5 Å². The van der Waals surface area contributed by atoms with E-state index in [2.05, 4.69) is 33.1 Å². The highest BCUT2D eigenvalue weighted by molar-refractivity contribution is 5.39. The van der Waals surface area contributed by atoms with Crippen LogP contribution in [0.1, 0.15) is 59.8 Å². The summed E-state index contributed by atoms with van der Waals surface area (Å²) in [7, 11) is 0. The molecule has 0 saturated heterocycles. The molecule has 3 atom stereocenters. The van der Waals surface area contributed by atoms with Gasteiger partial charge < -0.3 is 10.2 Å². The summed E-state index contributed by atoms with van der Waals surface area (Å²) < 4.78 is 0. The third-order valence-electron chi connectivity index (χ3n) is 6.42. The Bertz CT molecular complexity index is 566. The number of hydrogen-bond donors (Lipinski definition) is 2. The molecule has 0 saturated carbocycles. The van der Waals surface area contributed by atoms with Gasteiger partial charge in [-0.2, -0.15) is 0 Å². The molecule has 0 fully saturated rings. The maximum absolute atomic E-state index is 11.6. The monoisotopic (exact) mass is 316 g/mol. The Kier molecular flexibility index (Phi) is 4.81. The molecule has 0 amide bonds. The van der Waals surface area contributed by atoms with Crippen molar-refractivity contribution < 1.29 is 10.2 Å². The van der Waals surface area contributed by atoms with E-state index >= 15 is 0 Å². The van der Waals surface area contributed by atoms with Gasteiger partial charge in [0.2, 0.25) is 0 Å². The molecule has 0 aromatic rings. The molecular formula is C21H32O2. The molecule has 0 aromatic carbocycles. The molecule has 0 spiro atoms. The largest absolute Gasteiger partial charge is 0.386 e. The van der Waals surface area contributed by atoms with Gasteiger partial charge in [0.1, 0.15) is 11.7 Å². The number of aliphatic hydroxyl groups excluding tert-OH is 1. The van der Waals surface area contributed by atoms with Crippen LogP contribution in [0.15, 0.2) is 48.1 Å². The Morgan fingerprint density at radius 3 is 2.43 bits per heavy atom. The van der Waals surface area contributed by atoms with Crippen molar-refractivity contribution in [1.29, 1.82) is 0 Å². The minimum absolute atomic E-state index is 0.242. The molecule has 0 bridgehead atoms. The number of hydrogen-bond acceptors (Lipinski definition) is 2. The zero-order valence-electron chi connectivity index (χ0n) is 15.2. The van der Waals surface area contributed by atoms with Gasteiger partial charge in [-0.1, -0.05) is 51.2 Å². The van der Waals surface area contributed by atoms with E-state index in [0.717, 1.165) is 36.8 Å². The van der Waals surface area contributed by atoms with Crippen LogP contribution >= 0.6 is 0 Å². The van der Waals surface area contributed by atoms with Crippen LogP contribution in [0, 0.1) is 10.8 Å². The fourth-order valence-corrected chi connectivity index (χ4v) is 4.51. The van der Waals surface area contributed by atoms with Crippen molar-refractivity contribution in [3.63, 3.8) is 0 Å². The van der Waals surface area contributed by atoms with Crippen LogP contribution < -0.4 is 0 Å². The van der Waals surface area contributed by atoms with Gasteiger partial charge in [-0.3, -0.25) is 0 Å². The van der Waals surface area contributed by atoms with Gasteiger partial charge in [0, 0.05) is 10.8 Å². The zero-order chi connectivity index (χ0) is 17.5. The predicted molar refractivity (Wildman–Crippen MR) is 97.1 cm³/mol. The van der Waals surface area contributed by atoms with Crippen LogP contribution in [-0.4, -0.2) is 21.9 Å². The third kappa shape index (κ3) is 2.66. The van der Waals surface area contributed by atoms with Crippen molar-refractivity contribution in [3.05, 3.63) is 48.1 Å². The molecule has 128 valence electrons. The molecule has 2 nitrogen and oxygen atoms in total. The van der Waals surface area contributed by atoms with E-state index in [1.54, 1.807) is 0 Å². The molecule has 2 heteroatoms. The second-order valence-electron chi connectivity index (χ2n) is 8.02. The van der Waals surface area contributed by atoms with Crippen molar-refractivity contribution >= 4 is 0 Å². The van der Waals surface area contributed by atoms with Gasteiger partial charge in [-0.25, -0.2) is 0 Å². The first-order valence-corrected chi connectivity index (χ1v) is 8.71. The Morgan fingerprint density at radius 2 is 1.87 bits per heavy atom. The molecule has 23 heavy (non-hydrogen) atoms. The first kappa shape index (κ1) is 18.2. The second kappa shape index (κ2) is 6.07. The summed E-state index contributed by atoms with van der Waals surface area (Å²) in [6, 6.07) is 0. The van der Waals surface area contributed by atoms with Crippen LogP contribution in [0.25, 0.3) is 0 Å². The molecule has 0 radical (unpaired) electrons. The highest BCUT2D eigenvalue weighted by Crippen LogP contribution is 2.53. The predicted octanol–water partition coefficient (Wildman–Crippen LogP) is 4.70. The lowest BCUT2D eigenvalue weighted by atomic mass is 9.57. The fraction of sp³-hybridized carbons (Fsp3) is 0.619. The van der Waals surface area contributed by atoms with Gasteiger partial charge in [0.25, 0.3) is 0 Å². The maximum atomic E-state index is 11.6. The SMILES string of the molecule is C=CC1=C(C)CC[C@@](O)([C@@H](O)C2=CCCCC2(C)C=C)C1(C)C. The smallest absolute Gasteiger partial charge is 0.105 e. The summed E-state index contributed by atoms with van der Waals surface area (Å²) in [5.41, 5.74) is 1.26. The minimum Gasteiger partial charge on any atom is -0.386 e. The average molecular weight is 316 g/mol. The second-order valence-corrected chi connectivity index (χ2v) is 8.02. The quantitative estimate of drug-likeness (QED) is 0.738. The summed E-state index contributed by atoms with van der Waals surface area (Å²) in [6.45, 7) is 16.2. The Labute approximate surface area is 141 Å².